The van der Waals surface area contributed by atoms with Crippen molar-refractivity contribution in [3.05, 3.63) is 90.3 Å². The monoisotopic (exact) mass is 414 g/mol. The van der Waals surface area contributed by atoms with E-state index in [9.17, 15) is 4.79 Å². The molecule has 2 aromatic carbocycles. The predicted molar refractivity (Wildman–Crippen MR) is 120 cm³/mol. The normalized spacial score (nSPS) is 11.0. The number of rotatable bonds is 7. The summed E-state index contributed by atoms with van der Waals surface area (Å²) in [6.45, 7) is 4.28. The molecular formula is C24H22N4OS. The van der Waals surface area contributed by atoms with E-state index in [1.54, 1.807) is 12.4 Å². The van der Waals surface area contributed by atoms with Crippen LogP contribution in [0.5, 0.6) is 0 Å². The molecule has 0 aliphatic carbocycles. The molecule has 0 radical (unpaired) electrons. The molecule has 0 saturated heterocycles. The maximum atomic E-state index is 12.7. The van der Waals surface area contributed by atoms with Crippen LogP contribution in [-0.4, -0.2) is 31.3 Å². The fraction of sp³-hybridized carbons (Fsp3) is 0.167. The summed E-state index contributed by atoms with van der Waals surface area (Å²) < 4.78 is 1.98. The lowest BCUT2D eigenvalue weighted by molar-refractivity contribution is 0.102. The van der Waals surface area contributed by atoms with Crippen LogP contribution in [-0.2, 0) is 0 Å². The second kappa shape index (κ2) is 9.05. The van der Waals surface area contributed by atoms with Crippen molar-refractivity contribution in [1.29, 1.82) is 0 Å². The fourth-order valence-electron chi connectivity index (χ4n) is 3.13. The second-order valence-corrected chi connectivity index (χ2v) is 8.14. The molecule has 0 bridgehead atoms. The number of para-hydroxylation sites is 1. The first-order valence-corrected chi connectivity index (χ1v) is 10.8. The molecule has 4 rings (SSSR count). The van der Waals surface area contributed by atoms with Gasteiger partial charge in [-0.15, -0.1) is 10.2 Å². The van der Waals surface area contributed by atoms with E-state index in [0.29, 0.717) is 22.4 Å². The summed E-state index contributed by atoms with van der Waals surface area (Å²) in [7, 11) is 0. The highest BCUT2D eigenvalue weighted by atomic mass is 32.2. The molecule has 0 aliphatic rings. The molecule has 4 aromatic rings. The van der Waals surface area contributed by atoms with Crippen LogP contribution in [0.3, 0.4) is 0 Å². The number of hydrogen-bond donors (Lipinski definition) is 0. The van der Waals surface area contributed by atoms with Crippen molar-refractivity contribution in [3.8, 4) is 17.1 Å². The van der Waals surface area contributed by atoms with Crippen LogP contribution in [0.1, 0.15) is 35.7 Å². The van der Waals surface area contributed by atoms with Gasteiger partial charge in [0.25, 0.3) is 0 Å². The second-order valence-electron chi connectivity index (χ2n) is 7.20. The van der Waals surface area contributed by atoms with Gasteiger partial charge in [-0.1, -0.05) is 68.1 Å². The van der Waals surface area contributed by atoms with Gasteiger partial charge in [-0.2, -0.15) is 0 Å². The molecule has 6 heteroatoms. The number of thioether (sulfide) groups is 1. The molecule has 0 saturated carbocycles. The van der Waals surface area contributed by atoms with Gasteiger partial charge in [0.1, 0.15) is 0 Å². The van der Waals surface area contributed by atoms with E-state index in [4.69, 9.17) is 0 Å². The third-order valence-electron chi connectivity index (χ3n) is 4.82. The highest BCUT2D eigenvalue weighted by molar-refractivity contribution is 7.99. The van der Waals surface area contributed by atoms with Crippen LogP contribution in [0.2, 0.25) is 0 Å². The van der Waals surface area contributed by atoms with E-state index < -0.39 is 0 Å². The van der Waals surface area contributed by atoms with Crippen LogP contribution < -0.4 is 0 Å². The Labute approximate surface area is 180 Å². The number of carbonyl (C=O) groups is 1. The summed E-state index contributed by atoms with van der Waals surface area (Å²) in [6, 6.07) is 21.6. The molecule has 0 spiro atoms. The van der Waals surface area contributed by atoms with Crippen molar-refractivity contribution in [3.63, 3.8) is 0 Å². The Balaban J connectivity index is 1.60. The van der Waals surface area contributed by atoms with Gasteiger partial charge in [-0.05, 0) is 35.7 Å². The van der Waals surface area contributed by atoms with Crippen molar-refractivity contribution < 1.29 is 4.79 Å². The zero-order valence-electron chi connectivity index (χ0n) is 16.9. The molecular weight excluding hydrogens is 392 g/mol. The average Bonchev–Trinajstić information content (AvgIpc) is 3.22. The fourth-order valence-corrected chi connectivity index (χ4v) is 3.97. The smallest absolute Gasteiger partial charge is 0.196 e. The zero-order chi connectivity index (χ0) is 20.9. The molecule has 0 unspecified atom stereocenters. The molecule has 2 heterocycles. The van der Waals surface area contributed by atoms with Gasteiger partial charge in [-0.3, -0.25) is 14.3 Å². The third kappa shape index (κ3) is 4.33. The van der Waals surface area contributed by atoms with Crippen LogP contribution in [0.15, 0.2) is 84.3 Å². The van der Waals surface area contributed by atoms with Gasteiger partial charge >= 0.3 is 0 Å². The van der Waals surface area contributed by atoms with E-state index in [2.05, 4.69) is 29.0 Å². The van der Waals surface area contributed by atoms with Crippen LogP contribution in [0.25, 0.3) is 17.1 Å². The number of carbonyl (C=O) groups excluding carboxylic acids is 1. The molecule has 0 amide bonds. The van der Waals surface area contributed by atoms with Crippen molar-refractivity contribution in [2.45, 2.75) is 24.9 Å². The summed E-state index contributed by atoms with van der Waals surface area (Å²) in [5, 5.41) is 9.45. The number of Topliss-reactive ketones (excluding diaryl/α,β-unsaturated/α-hetero) is 1. The Morgan fingerprint density at radius 1 is 0.933 bits per heavy atom. The van der Waals surface area contributed by atoms with E-state index in [-0.39, 0.29) is 5.78 Å². The number of pyridine rings is 1. The first kappa shape index (κ1) is 20.0. The third-order valence-corrected chi connectivity index (χ3v) is 5.75. The lowest BCUT2D eigenvalue weighted by Gasteiger charge is -2.10. The summed E-state index contributed by atoms with van der Waals surface area (Å²) in [4.78, 5) is 16.8. The number of hydrogen-bond acceptors (Lipinski definition) is 5. The SMILES string of the molecule is CC(C)c1ccc(C(=O)CSc2nnc(-c3ccncc3)n2-c2ccccc2)cc1. The van der Waals surface area contributed by atoms with Gasteiger partial charge < -0.3 is 0 Å². The minimum Gasteiger partial charge on any atom is -0.293 e. The van der Waals surface area contributed by atoms with E-state index in [0.717, 1.165) is 17.1 Å². The van der Waals surface area contributed by atoms with Crippen LogP contribution in [0.4, 0.5) is 0 Å². The van der Waals surface area contributed by atoms with Crippen molar-refractivity contribution in [2.75, 3.05) is 5.75 Å². The number of ketones is 1. The molecule has 30 heavy (non-hydrogen) atoms. The molecule has 2 aromatic heterocycles. The van der Waals surface area contributed by atoms with E-state index in [1.165, 1.54) is 17.3 Å². The molecule has 0 aliphatic heterocycles. The summed E-state index contributed by atoms with van der Waals surface area (Å²) in [6.07, 6.45) is 3.47. The van der Waals surface area contributed by atoms with Crippen molar-refractivity contribution in [1.82, 2.24) is 19.7 Å². The zero-order valence-corrected chi connectivity index (χ0v) is 17.7. The van der Waals surface area contributed by atoms with Crippen LogP contribution in [0, 0.1) is 0 Å². The Morgan fingerprint density at radius 3 is 2.30 bits per heavy atom. The minimum absolute atomic E-state index is 0.0726. The molecule has 150 valence electrons. The van der Waals surface area contributed by atoms with Crippen LogP contribution >= 0.6 is 11.8 Å². The quantitative estimate of drug-likeness (QED) is 0.298. The highest BCUT2D eigenvalue weighted by Gasteiger charge is 2.17. The Kier molecular flexibility index (Phi) is 6.05. The molecule has 0 N–H and O–H groups in total. The van der Waals surface area contributed by atoms with Gasteiger partial charge in [0.15, 0.2) is 16.8 Å². The van der Waals surface area contributed by atoms with Crippen molar-refractivity contribution in [2.24, 2.45) is 0 Å². The van der Waals surface area contributed by atoms with E-state index in [1.807, 2.05) is 71.3 Å². The van der Waals surface area contributed by atoms with Gasteiger partial charge in [-0.25, -0.2) is 0 Å². The minimum atomic E-state index is 0.0726. The number of nitrogens with zero attached hydrogens (tertiary/aromatic N) is 4. The van der Waals surface area contributed by atoms with Crippen molar-refractivity contribution >= 4 is 17.5 Å². The molecule has 5 nitrogen and oxygen atoms in total. The maximum absolute atomic E-state index is 12.7. The topological polar surface area (TPSA) is 60.7 Å². The van der Waals surface area contributed by atoms with Gasteiger partial charge in [0, 0.05) is 29.2 Å². The Hall–Kier alpha value is -3.25. The summed E-state index contributed by atoms with van der Waals surface area (Å²) >= 11 is 1.40. The predicted octanol–water partition coefficient (Wildman–Crippen LogP) is 5.43. The number of aromatic nitrogens is 4. The largest absolute Gasteiger partial charge is 0.293 e. The van der Waals surface area contributed by atoms with Gasteiger partial charge in [0.2, 0.25) is 0 Å². The lowest BCUT2D eigenvalue weighted by atomic mass is 10.0. The first-order chi connectivity index (χ1) is 14.6. The Morgan fingerprint density at radius 2 is 1.63 bits per heavy atom. The standard InChI is InChI=1S/C24H22N4OS/c1-17(2)18-8-10-19(11-9-18)22(29)16-30-24-27-26-23(20-12-14-25-15-13-20)28(24)21-6-4-3-5-7-21/h3-15,17H,16H2,1-2H3. The summed E-state index contributed by atoms with van der Waals surface area (Å²) in [5.41, 5.74) is 3.81. The maximum Gasteiger partial charge on any atom is 0.196 e. The number of benzene rings is 2. The molecule has 0 atom stereocenters. The Bertz CT molecular complexity index is 1120. The first-order valence-electron chi connectivity index (χ1n) is 9.80. The van der Waals surface area contributed by atoms with E-state index >= 15 is 0 Å². The highest BCUT2D eigenvalue weighted by Crippen LogP contribution is 2.28. The lowest BCUT2D eigenvalue weighted by Crippen LogP contribution is -2.05. The summed E-state index contributed by atoms with van der Waals surface area (Å²) in [5.74, 6) is 1.53. The van der Waals surface area contributed by atoms with Gasteiger partial charge in [0.05, 0.1) is 5.75 Å². The average molecular weight is 415 g/mol. The molecule has 0 fully saturated rings.